The lowest BCUT2D eigenvalue weighted by molar-refractivity contribution is 0.508. The van der Waals surface area contributed by atoms with Gasteiger partial charge in [0.05, 0.1) is 18.5 Å². The minimum Gasteiger partial charge on any atom is -0.467 e. The molecule has 4 rings (SSSR count). The van der Waals surface area contributed by atoms with Crippen LogP contribution in [0.15, 0.2) is 82.6 Å². The van der Waals surface area contributed by atoms with Crippen molar-refractivity contribution in [3.05, 3.63) is 79.0 Å². The Balaban J connectivity index is 1.85. The van der Waals surface area contributed by atoms with Crippen LogP contribution < -0.4 is 4.31 Å². The lowest BCUT2D eigenvalue weighted by Gasteiger charge is -2.23. The average Bonchev–Trinajstić information content (AvgIpc) is 3.30. The first-order chi connectivity index (χ1) is 12.2. The summed E-state index contributed by atoms with van der Waals surface area (Å²) in [4.78, 5) is 7.27. The number of hydrogen-bond acceptors (Lipinski definition) is 4. The summed E-state index contributed by atoms with van der Waals surface area (Å²) in [6.07, 6.45) is 4.62. The summed E-state index contributed by atoms with van der Waals surface area (Å²) in [5.74, 6) is 0.561. The van der Waals surface area contributed by atoms with Crippen molar-refractivity contribution in [2.45, 2.75) is 11.4 Å². The third-order valence-corrected chi connectivity index (χ3v) is 5.72. The molecule has 3 heterocycles. The van der Waals surface area contributed by atoms with Crippen LogP contribution in [0.4, 0.5) is 5.69 Å². The molecule has 0 aliphatic carbocycles. The Morgan fingerprint density at radius 3 is 2.64 bits per heavy atom. The second-order valence-electron chi connectivity index (χ2n) is 5.48. The lowest BCUT2D eigenvalue weighted by Crippen LogP contribution is -2.30. The Hall–Kier alpha value is -3.06. The van der Waals surface area contributed by atoms with E-state index in [0.29, 0.717) is 22.5 Å². The van der Waals surface area contributed by atoms with Crippen molar-refractivity contribution >= 4 is 26.7 Å². The number of anilines is 1. The van der Waals surface area contributed by atoms with Crippen LogP contribution in [0, 0.1) is 0 Å². The molecule has 126 valence electrons. The molecule has 0 saturated carbocycles. The van der Waals surface area contributed by atoms with Gasteiger partial charge in [-0.15, -0.1) is 0 Å². The molecule has 1 N–H and O–H groups in total. The standard InChI is InChI=1S/C18H15N3O3S/c22-25(23,17-12-20-18-16(17)9-4-10-19-18)21(13-15-8-5-11-24-15)14-6-2-1-3-7-14/h1-12H,13H2,(H,19,20). The Bertz CT molecular complexity index is 1090. The van der Waals surface area contributed by atoms with E-state index in [-0.39, 0.29) is 11.4 Å². The summed E-state index contributed by atoms with van der Waals surface area (Å²) in [5, 5.41) is 0.558. The zero-order chi connectivity index (χ0) is 17.3. The number of para-hydroxylation sites is 1. The van der Waals surface area contributed by atoms with Crippen LogP contribution in [0.25, 0.3) is 11.0 Å². The fraction of sp³-hybridized carbons (Fsp3) is 0.0556. The van der Waals surface area contributed by atoms with Gasteiger partial charge in [-0.2, -0.15) is 0 Å². The van der Waals surface area contributed by atoms with Crippen molar-refractivity contribution < 1.29 is 12.8 Å². The predicted octanol–water partition coefficient (Wildman–Crippen LogP) is 3.55. The van der Waals surface area contributed by atoms with Crippen LogP contribution in [-0.4, -0.2) is 18.4 Å². The highest BCUT2D eigenvalue weighted by Crippen LogP contribution is 2.29. The molecule has 3 aromatic heterocycles. The number of nitrogens with zero attached hydrogens (tertiary/aromatic N) is 2. The van der Waals surface area contributed by atoms with Crippen LogP contribution >= 0.6 is 0 Å². The van der Waals surface area contributed by atoms with Gasteiger partial charge in [-0.1, -0.05) is 18.2 Å². The van der Waals surface area contributed by atoms with Crippen LogP contribution in [0.1, 0.15) is 5.76 Å². The van der Waals surface area contributed by atoms with Crippen LogP contribution in [0.3, 0.4) is 0 Å². The highest BCUT2D eigenvalue weighted by atomic mass is 32.2. The van der Waals surface area contributed by atoms with Crippen molar-refractivity contribution in [3.63, 3.8) is 0 Å². The summed E-state index contributed by atoms with van der Waals surface area (Å²) in [5.41, 5.74) is 1.10. The number of benzene rings is 1. The largest absolute Gasteiger partial charge is 0.467 e. The molecule has 0 aliphatic rings. The van der Waals surface area contributed by atoms with E-state index in [2.05, 4.69) is 9.97 Å². The molecule has 0 saturated heterocycles. The summed E-state index contributed by atoms with van der Waals surface area (Å²) >= 11 is 0. The molecule has 0 atom stereocenters. The molecule has 0 radical (unpaired) electrons. The van der Waals surface area contributed by atoms with Crippen LogP contribution in [-0.2, 0) is 16.6 Å². The molecule has 7 heteroatoms. The number of pyridine rings is 1. The third kappa shape index (κ3) is 2.78. The summed E-state index contributed by atoms with van der Waals surface area (Å²) in [7, 11) is -3.81. The number of sulfonamides is 1. The van der Waals surface area contributed by atoms with Gasteiger partial charge in [-0.05, 0) is 36.4 Å². The fourth-order valence-corrected chi connectivity index (χ4v) is 4.30. The Morgan fingerprint density at radius 1 is 1.04 bits per heavy atom. The van der Waals surface area contributed by atoms with E-state index in [0.717, 1.165) is 0 Å². The third-order valence-electron chi connectivity index (χ3n) is 3.90. The first-order valence-electron chi connectivity index (χ1n) is 7.68. The van der Waals surface area contributed by atoms with Gasteiger partial charge in [0.2, 0.25) is 0 Å². The zero-order valence-corrected chi connectivity index (χ0v) is 14.0. The average molecular weight is 353 g/mol. The smallest absolute Gasteiger partial charge is 0.266 e. The van der Waals surface area contributed by atoms with E-state index in [1.54, 1.807) is 54.7 Å². The topological polar surface area (TPSA) is 79.2 Å². The van der Waals surface area contributed by atoms with Crippen molar-refractivity contribution in [3.8, 4) is 0 Å². The number of furan rings is 1. The normalized spacial score (nSPS) is 11.7. The van der Waals surface area contributed by atoms with Gasteiger partial charge in [0.1, 0.15) is 16.3 Å². The number of aromatic amines is 1. The Labute approximate surface area is 144 Å². The quantitative estimate of drug-likeness (QED) is 0.595. The van der Waals surface area contributed by atoms with E-state index >= 15 is 0 Å². The molecule has 0 spiro atoms. The van der Waals surface area contributed by atoms with Crippen LogP contribution in [0.2, 0.25) is 0 Å². The summed E-state index contributed by atoms with van der Waals surface area (Å²) in [6.45, 7) is 0.103. The molecular formula is C18H15N3O3S. The molecule has 25 heavy (non-hydrogen) atoms. The number of aromatic nitrogens is 2. The van der Waals surface area contributed by atoms with E-state index in [9.17, 15) is 8.42 Å². The van der Waals surface area contributed by atoms with Gasteiger partial charge in [-0.25, -0.2) is 13.4 Å². The van der Waals surface area contributed by atoms with Gasteiger partial charge in [0, 0.05) is 17.8 Å². The summed E-state index contributed by atoms with van der Waals surface area (Å²) < 4.78 is 33.4. The molecular weight excluding hydrogens is 338 g/mol. The van der Waals surface area contributed by atoms with Gasteiger partial charge in [0.15, 0.2) is 0 Å². The number of fused-ring (bicyclic) bond motifs is 1. The van der Waals surface area contributed by atoms with Crippen molar-refractivity contribution in [2.24, 2.45) is 0 Å². The van der Waals surface area contributed by atoms with Crippen molar-refractivity contribution in [1.82, 2.24) is 9.97 Å². The van der Waals surface area contributed by atoms with E-state index in [1.807, 2.05) is 6.07 Å². The molecule has 0 aliphatic heterocycles. The molecule has 0 fully saturated rings. The molecule has 0 unspecified atom stereocenters. The number of rotatable bonds is 5. The Kier molecular flexibility index (Phi) is 3.77. The predicted molar refractivity (Wildman–Crippen MR) is 94.6 cm³/mol. The first-order valence-corrected chi connectivity index (χ1v) is 9.12. The highest BCUT2D eigenvalue weighted by Gasteiger charge is 2.28. The minimum absolute atomic E-state index is 0.103. The fourth-order valence-electron chi connectivity index (χ4n) is 2.72. The monoisotopic (exact) mass is 353 g/mol. The number of nitrogens with one attached hydrogen (secondary N) is 1. The SMILES string of the molecule is O=S(=O)(c1c[nH]c2ncccc12)N(Cc1ccco1)c1ccccc1. The molecule has 4 aromatic rings. The van der Waals surface area contributed by atoms with Gasteiger partial charge in [0.25, 0.3) is 10.0 Å². The highest BCUT2D eigenvalue weighted by molar-refractivity contribution is 7.93. The van der Waals surface area contributed by atoms with Gasteiger partial charge in [-0.3, -0.25) is 4.31 Å². The molecule has 0 bridgehead atoms. The Morgan fingerprint density at radius 2 is 1.88 bits per heavy atom. The minimum atomic E-state index is -3.81. The van der Waals surface area contributed by atoms with Gasteiger partial charge >= 0.3 is 0 Å². The van der Waals surface area contributed by atoms with Crippen molar-refractivity contribution in [1.29, 1.82) is 0 Å². The maximum absolute atomic E-state index is 13.4. The second-order valence-corrected chi connectivity index (χ2v) is 7.31. The van der Waals surface area contributed by atoms with Crippen LogP contribution in [0.5, 0.6) is 0 Å². The van der Waals surface area contributed by atoms with Crippen molar-refractivity contribution in [2.75, 3.05) is 4.31 Å². The molecule has 0 amide bonds. The maximum atomic E-state index is 13.4. The second kappa shape index (κ2) is 6.10. The van der Waals surface area contributed by atoms with E-state index in [1.165, 1.54) is 16.8 Å². The van der Waals surface area contributed by atoms with E-state index < -0.39 is 10.0 Å². The lowest BCUT2D eigenvalue weighted by atomic mass is 10.3. The van der Waals surface area contributed by atoms with Gasteiger partial charge < -0.3 is 9.40 Å². The summed E-state index contributed by atoms with van der Waals surface area (Å²) in [6, 6.07) is 15.9. The maximum Gasteiger partial charge on any atom is 0.266 e. The molecule has 1 aromatic carbocycles. The number of H-pyrrole nitrogens is 1. The zero-order valence-electron chi connectivity index (χ0n) is 13.2. The first kappa shape index (κ1) is 15.5. The molecule has 6 nitrogen and oxygen atoms in total. The number of hydrogen-bond donors (Lipinski definition) is 1. The van der Waals surface area contributed by atoms with E-state index in [4.69, 9.17) is 4.42 Å².